The van der Waals surface area contributed by atoms with Crippen molar-refractivity contribution in [3.05, 3.63) is 24.3 Å². The Morgan fingerprint density at radius 1 is 0.533 bits per heavy atom. The first kappa shape index (κ1) is 29.5. The summed E-state index contributed by atoms with van der Waals surface area (Å²) < 4.78 is 0. The maximum atomic E-state index is 2.45. The Labute approximate surface area is 192 Å². The van der Waals surface area contributed by atoms with E-state index in [9.17, 15) is 0 Å². The Hall–Kier alpha value is -0.520. The molecule has 3 rings (SSSR count). The lowest BCUT2D eigenvalue weighted by molar-refractivity contribution is 0.166. The first-order chi connectivity index (χ1) is 13.2. The summed E-state index contributed by atoms with van der Waals surface area (Å²) in [4.78, 5) is 0. The van der Waals surface area contributed by atoms with Gasteiger partial charge in [0.1, 0.15) is 0 Å². The van der Waals surface area contributed by atoms with Crippen LogP contribution in [0, 0.1) is 35.5 Å². The van der Waals surface area contributed by atoms with E-state index in [2.05, 4.69) is 38.2 Å². The molecule has 0 aromatic carbocycles. The predicted octanol–water partition coefficient (Wildman–Crippen LogP) is 10.6. The van der Waals surface area contributed by atoms with Gasteiger partial charge in [0.15, 0.2) is 0 Å². The van der Waals surface area contributed by atoms with Crippen molar-refractivity contribution in [1.29, 1.82) is 0 Å². The molecule has 3 aliphatic carbocycles. The second kappa shape index (κ2) is 16.2. The monoisotopic (exact) mass is 418 g/mol. The molecule has 0 spiro atoms. The lowest BCUT2D eigenvalue weighted by Gasteiger charge is -2.36. The average molecular weight is 419 g/mol. The van der Waals surface area contributed by atoms with Crippen LogP contribution in [-0.4, -0.2) is 0 Å². The van der Waals surface area contributed by atoms with E-state index in [1.54, 1.807) is 38.5 Å². The first-order valence-corrected chi connectivity index (χ1v) is 12.5. The molecule has 0 saturated heterocycles. The summed E-state index contributed by atoms with van der Waals surface area (Å²) in [6, 6.07) is 0. The number of hydrogen-bond donors (Lipinski definition) is 0. The van der Waals surface area contributed by atoms with E-state index in [1.165, 1.54) is 57.8 Å². The largest absolute Gasteiger partial charge is 0.0877 e. The molecule has 0 atom stereocenters. The zero-order valence-corrected chi connectivity index (χ0v) is 18.4. The molecule has 0 nitrogen and oxygen atoms in total. The summed E-state index contributed by atoms with van der Waals surface area (Å²) in [5.41, 5.74) is 0. The molecule has 0 unspecified atom stereocenters. The van der Waals surface area contributed by atoms with E-state index in [0.29, 0.717) is 0 Å². The molecule has 30 heavy (non-hydrogen) atoms. The lowest BCUT2D eigenvalue weighted by Crippen LogP contribution is -2.22. The van der Waals surface area contributed by atoms with Crippen LogP contribution in [0.5, 0.6) is 0 Å². The highest BCUT2D eigenvalue weighted by molar-refractivity contribution is 5.01. The summed E-state index contributed by atoms with van der Waals surface area (Å²) >= 11 is 0. The van der Waals surface area contributed by atoms with Gasteiger partial charge in [-0.05, 0) is 74.5 Å². The molecule has 3 aliphatic rings. The molecule has 0 N–H and O–H groups in total. The van der Waals surface area contributed by atoms with E-state index >= 15 is 0 Å². The third kappa shape index (κ3) is 10.2. The molecule has 0 aromatic heterocycles. The number of hydrogen-bond acceptors (Lipinski definition) is 0. The minimum absolute atomic E-state index is 0. The van der Waals surface area contributed by atoms with Gasteiger partial charge in [0.05, 0.1) is 0 Å². The summed E-state index contributed by atoms with van der Waals surface area (Å²) in [5.74, 6) is 6.28. The van der Waals surface area contributed by atoms with Crippen LogP contribution >= 0.6 is 0 Å². The Morgan fingerprint density at radius 2 is 0.900 bits per heavy atom. The zero-order chi connectivity index (χ0) is 18.9. The number of rotatable bonds is 7. The standard InChI is InChI=1S/C27H46.3CH4/c1-3-4-5-6-7-23-12-14-25(15-13-23)21-27-18-16-26(17-19-27)20-24-10-8-22(2)9-11-24;;;/h3-6,22-27H,7-21H2,1-2H3;3*1H4/b4-3+,6-5+;;;. The quantitative estimate of drug-likeness (QED) is 0.360. The fraction of sp³-hybridized carbons (Fsp3) is 0.867. The highest BCUT2D eigenvalue weighted by Gasteiger charge is 2.28. The van der Waals surface area contributed by atoms with Crippen LogP contribution in [0.15, 0.2) is 24.3 Å². The molecule has 0 aromatic rings. The highest BCUT2D eigenvalue weighted by Crippen LogP contribution is 2.42. The van der Waals surface area contributed by atoms with Crippen molar-refractivity contribution in [1.82, 2.24) is 0 Å². The molecule has 0 aliphatic heterocycles. The van der Waals surface area contributed by atoms with E-state index in [1.807, 2.05) is 0 Å². The summed E-state index contributed by atoms with van der Waals surface area (Å²) in [6.07, 6.45) is 31.7. The van der Waals surface area contributed by atoms with Crippen LogP contribution < -0.4 is 0 Å². The Kier molecular flexibility index (Phi) is 15.9. The SMILES string of the molecule is C.C.C.C/C=C/C=C/CC1CCC(CC2CCC(CC3CCC(C)CC3)CC2)CC1. The Morgan fingerprint density at radius 3 is 1.30 bits per heavy atom. The van der Waals surface area contributed by atoms with Gasteiger partial charge in [-0.25, -0.2) is 0 Å². The maximum Gasteiger partial charge on any atom is -0.0319 e. The average Bonchev–Trinajstić information content (AvgIpc) is 2.70. The van der Waals surface area contributed by atoms with Crippen LogP contribution in [0.1, 0.15) is 132 Å². The van der Waals surface area contributed by atoms with Crippen LogP contribution in [0.4, 0.5) is 0 Å². The minimum Gasteiger partial charge on any atom is -0.0877 e. The first-order valence-electron chi connectivity index (χ1n) is 12.5. The van der Waals surface area contributed by atoms with Gasteiger partial charge in [-0.2, -0.15) is 0 Å². The molecule has 0 heterocycles. The van der Waals surface area contributed by atoms with Gasteiger partial charge in [-0.15, -0.1) is 0 Å². The van der Waals surface area contributed by atoms with Crippen molar-refractivity contribution in [2.75, 3.05) is 0 Å². The second-order valence-corrected chi connectivity index (χ2v) is 10.6. The molecule has 0 radical (unpaired) electrons. The van der Waals surface area contributed by atoms with Gasteiger partial charge in [-0.1, -0.05) is 118 Å². The molecular weight excluding hydrogens is 360 g/mol. The fourth-order valence-corrected chi connectivity index (χ4v) is 6.37. The van der Waals surface area contributed by atoms with Gasteiger partial charge in [0.2, 0.25) is 0 Å². The summed E-state index contributed by atoms with van der Waals surface area (Å²) in [5, 5.41) is 0. The molecule has 3 fully saturated rings. The fourth-order valence-electron chi connectivity index (χ4n) is 6.37. The van der Waals surface area contributed by atoms with Crippen molar-refractivity contribution in [2.45, 2.75) is 132 Å². The van der Waals surface area contributed by atoms with Crippen LogP contribution in [0.2, 0.25) is 0 Å². The summed E-state index contributed by atoms with van der Waals surface area (Å²) in [7, 11) is 0. The van der Waals surface area contributed by atoms with Crippen LogP contribution in [0.3, 0.4) is 0 Å². The Balaban J connectivity index is 0.00000280. The normalized spacial score (nSPS) is 34.7. The molecule has 3 saturated carbocycles. The third-order valence-corrected chi connectivity index (χ3v) is 8.31. The molecule has 0 heteroatoms. The van der Waals surface area contributed by atoms with Gasteiger partial charge in [0, 0.05) is 0 Å². The van der Waals surface area contributed by atoms with E-state index in [0.717, 1.165) is 35.5 Å². The van der Waals surface area contributed by atoms with Crippen LogP contribution in [-0.2, 0) is 0 Å². The Bertz CT molecular complexity index is 435. The third-order valence-electron chi connectivity index (χ3n) is 8.31. The van der Waals surface area contributed by atoms with Gasteiger partial charge in [0.25, 0.3) is 0 Å². The van der Waals surface area contributed by atoms with Gasteiger partial charge >= 0.3 is 0 Å². The summed E-state index contributed by atoms with van der Waals surface area (Å²) in [6.45, 7) is 4.55. The molecule has 0 bridgehead atoms. The highest BCUT2D eigenvalue weighted by atomic mass is 14.3. The smallest absolute Gasteiger partial charge is 0.0319 e. The van der Waals surface area contributed by atoms with Crippen molar-refractivity contribution in [2.24, 2.45) is 35.5 Å². The van der Waals surface area contributed by atoms with E-state index < -0.39 is 0 Å². The zero-order valence-electron chi connectivity index (χ0n) is 18.4. The van der Waals surface area contributed by atoms with Crippen molar-refractivity contribution in [3.8, 4) is 0 Å². The number of allylic oxidation sites excluding steroid dienone is 4. The predicted molar refractivity (Wildman–Crippen MR) is 140 cm³/mol. The van der Waals surface area contributed by atoms with Crippen molar-refractivity contribution < 1.29 is 0 Å². The second-order valence-electron chi connectivity index (χ2n) is 10.6. The maximum absolute atomic E-state index is 2.45. The molecule has 178 valence electrons. The van der Waals surface area contributed by atoms with Crippen LogP contribution in [0.25, 0.3) is 0 Å². The molecule has 0 amide bonds. The molecular formula is C30H58. The lowest BCUT2D eigenvalue weighted by atomic mass is 9.70. The van der Waals surface area contributed by atoms with Crippen molar-refractivity contribution >= 4 is 0 Å². The topological polar surface area (TPSA) is 0 Å². The van der Waals surface area contributed by atoms with Gasteiger partial charge in [-0.3, -0.25) is 0 Å². The minimum atomic E-state index is 0. The van der Waals surface area contributed by atoms with E-state index in [-0.39, 0.29) is 22.3 Å². The van der Waals surface area contributed by atoms with Crippen molar-refractivity contribution in [3.63, 3.8) is 0 Å². The van der Waals surface area contributed by atoms with Gasteiger partial charge < -0.3 is 0 Å². The van der Waals surface area contributed by atoms with E-state index in [4.69, 9.17) is 0 Å².